The Morgan fingerprint density at radius 2 is 2.20 bits per heavy atom. The van der Waals surface area contributed by atoms with Crippen molar-refractivity contribution in [3.63, 3.8) is 0 Å². The summed E-state index contributed by atoms with van der Waals surface area (Å²) >= 11 is 0. The van der Waals surface area contributed by atoms with Crippen LogP contribution in [-0.4, -0.2) is 23.1 Å². The number of nitrogens with two attached hydrogens (primary N) is 1. The standard InChI is InChI=1S/C11H18N4/c1-3-15(7-9-4-5-9)11-6-10(12)13-8(2)14-11/h6,9H,3-5,7H2,1-2H3,(H2,12,13,14). The summed E-state index contributed by atoms with van der Waals surface area (Å²) in [6, 6.07) is 1.86. The minimum absolute atomic E-state index is 0.562. The molecule has 0 amide bonds. The average Bonchev–Trinajstić information content (AvgIpc) is 2.96. The molecule has 0 saturated heterocycles. The number of aryl methyl sites for hydroxylation is 1. The zero-order valence-electron chi connectivity index (χ0n) is 9.40. The molecule has 1 fully saturated rings. The third-order valence-corrected chi connectivity index (χ3v) is 2.73. The van der Waals surface area contributed by atoms with Gasteiger partial charge in [0.15, 0.2) is 0 Å². The highest BCUT2D eigenvalue weighted by molar-refractivity contribution is 5.46. The van der Waals surface area contributed by atoms with Crippen LogP contribution in [0.4, 0.5) is 11.6 Å². The third-order valence-electron chi connectivity index (χ3n) is 2.73. The van der Waals surface area contributed by atoms with Gasteiger partial charge in [0.25, 0.3) is 0 Å². The van der Waals surface area contributed by atoms with Gasteiger partial charge in [0.2, 0.25) is 0 Å². The molecule has 4 nitrogen and oxygen atoms in total. The Hall–Kier alpha value is -1.32. The average molecular weight is 206 g/mol. The molecule has 0 unspecified atom stereocenters. The van der Waals surface area contributed by atoms with E-state index >= 15 is 0 Å². The van der Waals surface area contributed by atoms with Crippen molar-refractivity contribution in [3.8, 4) is 0 Å². The van der Waals surface area contributed by atoms with Gasteiger partial charge in [-0.1, -0.05) is 0 Å². The second-order valence-corrected chi connectivity index (χ2v) is 4.18. The molecule has 1 aliphatic carbocycles. The van der Waals surface area contributed by atoms with Gasteiger partial charge >= 0.3 is 0 Å². The molecule has 1 aromatic heterocycles. The molecule has 0 bridgehead atoms. The monoisotopic (exact) mass is 206 g/mol. The summed E-state index contributed by atoms with van der Waals surface area (Å²) in [5.74, 6) is 3.14. The van der Waals surface area contributed by atoms with E-state index in [9.17, 15) is 0 Å². The molecule has 82 valence electrons. The van der Waals surface area contributed by atoms with Gasteiger partial charge in [-0.3, -0.25) is 0 Å². The lowest BCUT2D eigenvalue weighted by atomic mass is 10.3. The van der Waals surface area contributed by atoms with Crippen molar-refractivity contribution in [1.29, 1.82) is 0 Å². The lowest BCUT2D eigenvalue weighted by molar-refractivity contribution is 0.728. The summed E-state index contributed by atoms with van der Waals surface area (Å²) < 4.78 is 0. The van der Waals surface area contributed by atoms with E-state index in [0.717, 1.165) is 30.6 Å². The molecule has 1 saturated carbocycles. The Bertz CT molecular complexity index is 326. The first-order valence-corrected chi connectivity index (χ1v) is 5.55. The Kier molecular flexibility index (Phi) is 2.75. The molecule has 1 heterocycles. The maximum absolute atomic E-state index is 5.72. The molecular formula is C11H18N4. The van der Waals surface area contributed by atoms with Crippen LogP contribution in [0.3, 0.4) is 0 Å². The van der Waals surface area contributed by atoms with E-state index in [1.165, 1.54) is 12.8 Å². The predicted molar refractivity (Wildman–Crippen MR) is 61.8 cm³/mol. The zero-order chi connectivity index (χ0) is 10.8. The Morgan fingerprint density at radius 3 is 2.73 bits per heavy atom. The second kappa shape index (κ2) is 4.04. The number of rotatable bonds is 4. The number of hydrogen-bond acceptors (Lipinski definition) is 4. The maximum Gasteiger partial charge on any atom is 0.134 e. The molecule has 2 N–H and O–H groups in total. The highest BCUT2D eigenvalue weighted by atomic mass is 15.2. The zero-order valence-corrected chi connectivity index (χ0v) is 9.40. The van der Waals surface area contributed by atoms with Crippen LogP contribution >= 0.6 is 0 Å². The van der Waals surface area contributed by atoms with E-state index in [4.69, 9.17) is 5.73 Å². The molecule has 0 atom stereocenters. The van der Waals surface area contributed by atoms with Gasteiger partial charge in [-0.2, -0.15) is 0 Å². The summed E-state index contributed by atoms with van der Waals surface area (Å²) in [5, 5.41) is 0. The molecule has 1 aromatic rings. The fourth-order valence-corrected chi connectivity index (χ4v) is 1.73. The first-order valence-electron chi connectivity index (χ1n) is 5.55. The van der Waals surface area contributed by atoms with Crippen LogP contribution in [0.5, 0.6) is 0 Å². The van der Waals surface area contributed by atoms with E-state index in [1.807, 2.05) is 13.0 Å². The van der Waals surface area contributed by atoms with Gasteiger partial charge in [-0.15, -0.1) is 0 Å². The lowest BCUT2D eigenvalue weighted by Gasteiger charge is -2.22. The number of nitrogens with zero attached hydrogens (tertiary/aromatic N) is 3. The molecule has 0 aromatic carbocycles. The van der Waals surface area contributed by atoms with Crippen molar-refractivity contribution in [1.82, 2.24) is 9.97 Å². The SMILES string of the molecule is CCN(CC1CC1)c1cc(N)nc(C)n1. The first kappa shape index (κ1) is 10.2. The van der Waals surface area contributed by atoms with Gasteiger partial charge in [-0.05, 0) is 32.6 Å². The summed E-state index contributed by atoms with van der Waals surface area (Å²) in [5.41, 5.74) is 5.72. The van der Waals surface area contributed by atoms with E-state index in [-0.39, 0.29) is 0 Å². The fraction of sp³-hybridized carbons (Fsp3) is 0.636. The van der Waals surface area contributed by atoms with E-state index in [2.05, 4.69) is 21.8 Å². The van der Waals surface area contributed by atoms with Gasteiger partial charge in [0.05, 0.1) is 0 Å². The summed E-state index contributed by atoms with van der Waals surface area (Å²) in [4.78, 5) is 10.8. The predicted octanol–water partition coefficient (Wildman–Crippen LogP) is 1.60. The van der Waals surface area contributed by atoms with Crippen LogP contribution in [-0.2, 0) is 0 Å². The van der Waals surface area contributed by atoms with Crippen LogP contribution in [0.2, 0.25) is 0 Å². The topological polar surface area (TPSA) is 55.0 Å². The van der Waals surface area contributed by atoms with Crippen LogP contribution in [0.1, 0.15) is 25.6 Å². The molecule has 2 rings (SSSR count). The Balaban J connectivity index is 2.16. The largest absolute Gasteiger partial charge is 0.384 e. The molecule has 0 spiro atoms. The molecule has 0 radical (unpaired) electrons. The molecular weight excluding hydrogens is 188 g/mol. The fourth-order valence-electron chi connectivity index (χ4n) is 1.73. The summed E-state index contributed by atoms with van der Waals surface area (Å²) in [7, 11) is 0. The van der Waals surface area contributed by atoms with Gasteiger partial charge in [-0.25, -0.2) is 9.97 Å². The number of hydrogen-bond donors (Lipinski definition) is 1. The van der Waals surface area contributed by atoms with Gasteiger partial charge in [0.1, 0.15) is 17.5 Å². The minimum Gasteiger partial charge on any atom is -0.384 e. The van der Waals surface area contributed by atoms with Crippen molar-refractivity contribution >= 4 is 11.6 Å². The van der Waals surface area contributed by atoms with E-state index in [0.29, 0.717) is 5.82 Å². The van der Waals surface area contributed by atoms with Gasteiger partial charge in [0, 0.05) is 19.2 Å². The van der Waals surface area contributed by atoms with Crippen molar-refractivity contribution in [2.75, 3.05) is 23.7 Å². The molecule has 1 aliphatic rings. The van der Waals surface area contributed by atoms with Crippen molar-refractivity contribution in [3.05, 3.63) is 11.9 Å². The lowest BCUT2D eigenvalue weighted by Crippen LogP contribution is -2.26. The van der Waals surface area contributed by atoms with Crippen molar-refractivity contribution in [2.45, 2.75) is 26.7 Å². The van der Waals surface area contributed by atoms with E-state index in [1.54, 1.807) is 0 Å². The highest BCUT2D eigenvalue weighted by Crippen LogP contribution is 2.31. The Labute approximate surface area is 90.5 Å². The maximum atomic E-state index is 5.72. The molecule has 15 heavy (non-hydrogen) atoms. The van der Waals surface area contributed by atoms with Crippen LogP contribution < -0.4 is 10.6 Å². The third kappa shape index (κ3) is 2.58. The normalized spacial score (nSPS) is 15.3. The first-order chi connectivity index (χ1) is 7.19. The summed E-state index contributed by atoms with van der Waals surface area (Å²) in [6.07, 6.45) is 2.71. The number of aromatic nitrogens is 2. The highest BCUT2D eigenvalue weighted by Gasteiger charge is 2.24. The molecule has 4 heteroatoms. The van der Waals surface area contributed by atoms with Crippen LogP contribution in [0.25, 0.3) is 0 Å². The van der Waals surface area contributed by atoms with E-state index < -0.39 is 0 Å². The van der Waals surface area contributed by atoms with Crippen molar-refractivity contribution in [2.24, 2.45) is 5.92 Å². The smallest absolute Gasteiger partial charge is 0.134 e. The molecule has 0 aliphatic heterocycles. The second-order valence-electron chi connectivity index (χ2n) is 4.18. The summed E-state index contributed by atoms with van der Waals surface area (Å²) in [6.45, 7) is 6.11. The Morgan fingerprint density at radius 1 is 1.47 bits per heavy atom. The van der Waals surface area contributed by atoms with Gasteiger partial charge < -0.3 is 10.6 Å². The van der Waals surface area contributed by atoms with Crippen LogP contribution in [0.15, 0.2) is 6.07 Å². The van der Waals surface area contributed by atoms with Crippen molar-refractivity contribution < 1.29 is 0 Å². The van der Waals surface area contributed by atoms with Crippen LogP contribution in [0, 0.1) is 12.8 Å². The number of nitrogen functional groups attached to an aromatic ring is 1. The quantitative estimate of drug-likeness (QED) is 0.813. The minimum atomic E-state index is 0.562. The number of anilines is 2.